The number of amides is 1. The molecule has 1 heterocycles. The molecule has 1 aliphatic rings. The lowest BCUT2D eigenvalue weighted by molar-refractivity contribution is 0.0766. The summed E-state index contributed by atoms with van der Waals surface area (Å²) in [5.74, 6) is 0.0902. The number of carbonyl (C=O) groups is 1. The topological polar surface area (TPSA) is 46.3 Å². The summed E-state index contributed by atoms with van der Waals surface area (Å²) in [6, 6.07) is 7.09. The number of nitrogens with zero attached hydrogens (tertiary/aromatic N) is 1. The lowest BCUT2D eigenvalue weighted by atomic mass is 10.1. The Hall–Kier alpha value is -1.77. The van der Waals surface area contributed by atoms with Gasteiger partial charge in [-0.15, -0.1) is 0 Å². The van der Waals surface area contributed by atoms with Crippen LogP contribution in [0.5, 0.6) is 0 Å². The van der Waals surface area contributed by atoms with Gasteiger partial charge < -0.3 is 10.6 Å². The molecule has 16 heavy (non-hydrogen) atoms. The lowest BCUT2D eigenvalue weighted by Gasteiger charge is -2.26. The van der Waals surface area contributed by atoms with E-state index in [0.717, 1.165) is 19.5 Å². The Kier molecular flexibility index (Phi) is 2.95. The molecule has 0 aromatic heterocycles. The third-order valence-electron chi connectivity index (χ3n) is 2.78. The van der Waals surface area contributed by atoms with E-state index in [1.165, 1.54) is 5.57 Å². The number of anilines is 1. The monoisotopic (exact) mass is 216 g/mol. The molecule has 0 atom stereocenters. The third kappa shape index (κ3) is 2.24. The van der Waals surface area contributed by atoms with Gasteiger partial charge in [0.2, 0.25) is 0 Å². The molecule has 0 fully saturated rings. The van der Waals surface area contributed by atoms with Gasteiger partial charge in [-0.3, -0.25) is 4.79 Å². The van der Waals surface area contributed by atoms with Crippen LogP contribution < -0.4 is 5.73 Å². The minimum atomic E-state index is 0.0902. The molecule has 1 aromatic rings. The minimum absolute atomic E-state index is 0.0902. The van der Waals surface area contributed by atoms with Crippen molar-refractivity contribution < 1.29 is 4.79 Å². The standard InChI is InChI=1S/C13H16N2O/c1-10-3-2-8-15(9-10)13(16)11-4-6-12(14)7-5-11/h3-7H,2,8-9,14H2,1H3. The Morgan fingerprint density at radius 2 is 2.00 bits per heavy atom. The molecule has 1 aromatic carbocycles. The van der Waals surface area contributed by atoms with Crippen LogP contribution in [-0.2, 0) is 0 Å². The Bertz CT molecular complexity index is 420. The van der Waals surface area contributed by atoms with Gasteiger partial charge in [0.25, 0.3) is 5.91 Å². The highest BCUT2D eigenvalue weighted by Crippen LogP contribution is 2.14. The van der Waals surface area contributed by atoms with Gasteiger partial charge >= 0.3 is 0 Å². The first kappa shape index (κ1) is 10.7. The molecule has 0 bridgehead atoms. The van der Waals surface area contributed by atoms with Crippen LogP contribution in [0.15, 0.2) is 35.9 Å². The fourth-order valence-corrected chi connectivity index (χ4v) is 1.89. The average molecular weight is 216 g/mol. The number of nitrogens with two attached hydrogens (primary N) is 1. The predicted molar refractivity (Wildman–Crippen MR) is 65.1 cm³/mol. The first-order chi connectivity index (χ1) is 7.66. The lowest BCUT2D eigenvalue weighted by Crippen LogP contribution is -2.35. The molecule has 1 amide bonds. The molecule has 2 rings (SSSR count). The Balaban J connectivity index is 2.13. The maximum absolute atomic E-state index is 12.1. The highest BCUT2D eigenvalue weighted by atomic mass is 16.2. The molecular weight excluding hydrogens is 200 g/mol. The summed E-state index contributed by atoms with van der Waals surface area (Å²) in [5, 5.41) is 0. The fourth-order valence-electron chi connectivity index (χ4n) is 1.89. The Labute approximate surface area is 95.6 Å². The van der Waals surface area contributed by atoms with Crippen LogP contribution in [0, 0.1) is 0 Å². The van der Waals surface area contributed by atoms with Crippen molar-refractivity contribution in [3.05, 3.63) is 41.5 Å². The van der Waals surface area contributed by atoms with Crippen LogP contribution >= 0.6 is 0 Å². The highest BCUT2D eigenvalue weighted by molar-refractivity contribution is 5.94. The quantitative estimate of drug-likeness (QED) is 0.577. The van der Waals surface area contributed by atoms with Gasteiger partial charge in [0.05, 0.1) is 0 Å². The van der Waals surface area contributed by atoms with Crippen molar-refractivity contribution in [1.82, 2.24) is 4.90 Å². The van der Waals surface area contributed by atoms with E-state index in [-0.39, 0.29) is 5.91 Å². The Morgan fingerprint density at radius 1 is 1.31 bits per heavy atom. The molecule has 84 valence electrons. The third-order valence-corrected chi connectivity index (χ3v) is 2.78. The van der Waals surface area contributed by atoms with Crippen molar-refractivity contribution in [2.75, 3.05) is 18.8 Å². The van der Waals surface area contributed by atoms with E-state index in [4.69, 9.17) is 5.73 Å². The van der Waals surface area contributed by atoms with Crippen LogP contribution in [0.4, 0.5) is 5.69 Å². The molecule has 0 spiro atoms. The second-order valence-electron chi connectivity index (χ2n) is 4.19. The van der Waals surface area contributed by atoms with E-state index >= 15 is 0 Å². The van der Waals surface area contributed by atoms with E-state index < -0.39 is 0 Å². The SMILES string of the molecule is CC1=CCCN(C(=O)c2ccc(N)cc2)C1. The number of hydrogen-bond acceptors (Lipinski definition) is 2. The summed E-state index contributed by atoms with van der Waals surface area (Å²) in [4.78, 5) is 14.0. The molecule has 0 saturated carbocycles. The molecule has 3 nitrogen and oxygen atoms in total. The van der Waals surface area contributed by atoms with Crippen molar-refractivity contribution in [3.63, 3.8) is 0 Å². The van der Waals surface area contributed by atoms with Gasteiger partial charge in [0.1, 0.15) is 0 Å². The van der Waals surface area contributed by atoms with Crippen molar-refractivity contribution in [2.45, 2.75) is 13.3 Å². The predicted octanol–water partition coefficient (Wildman–Crippen LogP) is 2.06. The number of rotatable bonds is 1. The number of benzene rings is 1. The van der Waals surface area contributed by atoms with E-state index in [9.17, 15) is 4.79 Å². The van der Waals surface area contributed by atoms with Gasteiger partial charge in [-0.25, -0.2) is 0 Å². The summed E-state index contributed by atoms with van der Waals surface area (Å²) in [6.07, 6.45) is 3.14. The molecular formula is C13H16N2O. The molecule has 3 heteroatoms. The molecule has 1 aliphatic heterocycles. The molecule has 0 aliphatic carbocycles. The average Bonchev–Trinajstić information content (AvgIpc) is 2.29. The largest absolute Gasteiger partial charge is 0.399 e. The fraction of sp³-hybridized carbons (Fsp3) is 0.308. The maximum Gasteiger partial charge on any atom is 0.254 e. The zero-order valence-corrected chi connectivity index (χ0v) is 9.44. The molecule has 0 radical (unpaired) electrons. The number of carbonyl (C=O) groups excluding carboxylic acids is 1. The molecule has 2 N–H and O–H groups in total. The highest BCUT2D eigenvalue weighted by Gasteiger charge is 2.17. The van der Waals surface area contributed by atoms with E-state index in [0.29, 0.717) is 11.3 Å². The van der Waals surface area contributed by atoms with Crippen LogP contribution in [-0.4, -0.2) is 23.9 Å². The first-order valence-electron chi connectivity index (χ1n) is 5.47. The smallest absolute Gasteiger partial charge is 0.254 e. The van der Waals surface area contributed by atoms with E-state index in [2.05, 4.69) is 13.0 Å². The van der Waals surface area contributed by atoms with Crippen molar-refractivity contribution >= 4 is 11.6 Å². The van der Waals surface area contributed by atoms with Crippen molar-refractivity contribution in [2.24, 2.45) is 0 Å². The van der Waals surface area contributed by atoms with E-state index in [1.54, 1.807) is 24.3 Å². The van der Waals surface area contributed by atoms with Crippen LogP contribution in [0.1, 0.15) is 23.7 Å². The van der Waals surface area contributed by atoms with Crippen molar-refractivity contribution in [1.29, 1.82) is 0 Å². The van der Waals surface area contributed by atoms with Gasteiger partial charge in [-0.05, 0) is 37.6 Å². The second kappa shape index (κ2) is 4.39. The summed E-state index contributed by atoms with van der Waals surface area (Å²) < 4.78 is 0. The maximum atomic E-state index is 12.1. The molecule has 0 unspecified atom stereocenters. The zero-order chi connectivity index (χ0) is 11.5. The Morgan fingerprint density at radius 3 is 2.62 bits per heavy atom. The molecule has 0 saturated heterocycles. The van der Waals surface area contributed by atoms with E-state index in [1.807, 2.05) is 4.90 Å². The zero-order valence-electron chi connectivity index (χ0n) is 9.44. The normalized spacial score (nSPS) is 15.8. The number of nitrogen functional groups attached to an aromatic ring is 1. The van der Waals surface area contributed by atoms with Crippen LogP contribution in [0.3, 0.4) is 0 Å². The van der Waals surface area contributed by atoms with Gasteiger partial charge in [-0.2, -0.15) is 0 Å². The van der Waals surface area contributed by atoms with Crippen LogP contribution in [0.25, 0.3) is 0 Å². The minimum Gasteiger partial charge on any atom is -0.399 e. The second-order valence-corrected chi connectivity index (χ2v) is 4.19. The summed E-state index contributed by atoms with van der Waals surface area (Å²) in [5.41, 5.74) is 8.25. The summed E-state index contributed by atoms with van der Waals surface area (Å²) in [6.45, 7) is 3.60. The van der Waals surface area contributed by atoms with Gasteiger partial charge in [0.15, 0.2) is 0 Å². The number of hydrogen-bond donors (Lipinski definition) is 1. The summed E-state index contributed by atoms with van der Waals surface area (Å²) in [7, 11) is 0. The summed E-state index contributed by atoms with van der Waals surface area (Å²) >= 11 is 0. The first-order valence-corrected chi connectivity index (χ1v) is 5.47. The van der Waals surface area contributed by atoms with Crippen molar-refractivity contribution in [3.8, 4) is 0 Å². The van der Waals surface area contributed by atoms with Gasteiger partial charge in [-0.1, -0.05) is 11.6 Å². The van der Waals surface area contributed by atoms with Gasteiger partial charge in [0, 0.05) is 24.3 Å². The van der Waals surface area contributed by atoms with Crippen LogP contribution in [0.2, 0.25) is 0 Å².